The van der Waals surface area contributed by atoms with Crippen LogP contribution in [-0.4, -0.2) is 18.3 Å². The van der Waals surface area contributed by atoms with Gasteiger partial charge in [-0.3, -0.25) is 0 Å². The van der Waals surface area contributed by atoms with E-state index in [4.69, 9.17) is 15.1 Å². The van der Waals surface area contributed by atoms with Crippen molar-refractivity contribution >= 4 is 0 Å². The first-order valence-electron chi connectivity index (χ1n) is 4.88. The van der Waals surface area contributed by atoms with Gasteiger partial charge in [0.2, 0.25) is 0 Å². The Kier molecular flexibility index (Phi) is 4.29. The third-order valence-electron chi connectivity index (χ3n) is 2.21. The Labute approximate surface area is 89.9 Å². The Hall–Kier alpha value is -1.37. The first-order valence-corrected chi connectivity index (χ1v) is 4.88. The van der Waals surface area contributed by atoms with Crippen LogP contribution in [0.5, 0.6) is 0 Å². The number of rotatable bonds is 4. The fourth-order valence-corrected chi connectivity index (χ4v) is 1.41. The Balaban J connectivity index is 2.91. The number of nitrogens with zero attached hydrogens (tertiary/aromatic N) is 1. The first-order chi connectivity index (χ1) is 7.19. The van der Waals surface area contributed by atoms with Gasteiger partial charge in [-0.25, -0.2) is 0 Å². The van der Waals surface area contributed by atoms with Crippen LogP contribution in [0.4, 0.5) is 0 Å². The lowest BCUT2D eigenvalue weighted by Crippen LogP contribution is -2.07. The summed E-state index contributed by atoms with van der Waals surface area (Å²) in [5, 5.41) is 17.6. The van der Waals surface area contributed by atoms with Crippen molar-refractivity contribution in [1.82, 2.24) is 0 Å². The molecule has 1 aromatic rings. The van der Waals surface area contributed by atoms with E-state index in [9.17, 15) is 0 Å². The number of benzene rings is 1. The summed E-state index contributed by atoms with van der Waals surface area (Å²) in [6.07, 6.45) is -0.586. The van der Waals surface area contributed by atoms with E-state index >= 15 is 0 Å². The molecule has 80 valence electrons. The molecule has 0 aliphatic carbocycles. The van der Waals surface area contributed by atoms with Gasteiger partial charge in [0.05, 0.1) is 19.3 Å². The van der Waals surface area contributed by atoms with Gasteiger partial charge >= 0.3 is 0 Å². The van der Waals surface area contributed by atoms with Crippen molar-refractivity contribution in [3.05, 3.63) is 34.9 Å². The van der Waals surface area contributed by atoms with Crippen molar-refractivity contribution in [2.24, 2.45) is 0 Å². The van der Waals surface area contributed by atoms with Crippen LogP contribution in [0.25, 0.3) is 0 Å². The average Bonchev–Trinajstić information content (AvgIpc) is 2.24. The lowest BCUT2D eigenvalue weighted by Gasteiger charge is -2.13. The zero-order valence-electron chi connectivity index (χ0n) is 9.03. The highest BCUT2D eigenvalue weighted by atomic mass is 16.5. The number of aliphatic hydroxyl groups is 1. The minimum Gasteiger partial charge on any atom is -0.394 e. The molecule has 0 aromatic heterocycles. The van der Waals surface area contributed by atoms with E-state index in [-0.39, 0.29) is 13.2 Å². The quantitative estimate of drug-likeness (QED) is 0.816. The second-order valence-corrected chi connectivity index (χ2v) is 3.46. The standard InChI is InChI=1S/C12H15NO2/c1-9-3-4-10(2)11(7-9)12(8-13)15-6-5-14/h3-4,7,12,14H,5-6H2,1-2H3. The van der Waals surface area contributed by atoms with Gasteiger partial charge in [-0.2, -0.15) is 5.26 Å². The lowest BCUT2D eigenvalue weighted by molar-refractivity contribution is 0.0578. The van der Waals surface area contributed by atoms with Crippen LogP contribution in [0.15, 0.2) is 18.2 Å². The molecule has 0 amide bonds. The number of hydrogen-bond donors (Lipinski definition) is 1. The van der Waals surface area contributed by atoms with E-state index < -0.39 is 6.10 Å². The molecular formula is C12H15NO2. The molecule has 0 saturated carbocycles. The highest BCUT2D eigenvalue weighted by Crippen LogP contribution is 2.21. The maximum atomic E-state index is 8.96. The smallest absolute Gasteiger partial charge is 0.169 e. The maximum absolute atomic E-state index is 8.96. The third kappa shape index (κ3) is 3.05. The zero-order valence-corrected chi connectivity index (χ0v) is 9.03. The summed E-state index contributed by atoms with van der Waals surface area (Å²) >= 11 is 0. The molecule has 1 rings (SSSR count). The van der Waals surface area contributed by atoms with Gasteiger partial charge in [0, 0.05) is 0 Å². The van der Waals surface area contributed by atoms with E-state index in [0.29, 0.717) is 0 Å². The van der Waals surface area contributed by atoms with Crippen LogP contribution in [0.1, 0.15) is 22.8 Å². The second kappa shape index (κ2) is 5.50. The fraction of sp³-hybridized carbons (Fsp3) is 0.417. The van der Waals surface area contributed by atoms with E-state index in [2.05, 4.69) is 6.07 Å². The summed E-state index contributed by atoms with van der Waals surface area (Å²) in [7, 11) is 0. The second-order valence-electron chi connectivity index (χ2n) is 3.46. The molecule has 0 heterocycles. The largest absolute Gasteiger partial charge is 0.394 e. The zero-order chi connectivity index (χ0) is 11.3. The van der Waals surface area contributed by atoms with Crippen LogP contribution in [0.3, 0.4) is 0 Å². The predicted octanol–water partition coefficient (Wildman–Crippen LogP) is 1.88. The maximum Gasteiger partial charge on any atom is 0.169 e. The molecule has 0 radical (unpaired) electrons. The molecule has 0 aliphatic rings. The van der Waals surface area contributed by atoms with E-state index in [1.807, 2.05) is 32.0 Å². The van der Waals surface area contributed by atoms with E-state index in [1.54, 1.807) is 0 Å². The molecule has 3 nitrogen and oxygen atoms in total. The SMILES string of the molecule is Cc1ccc(C)c(C(C#N)OCCO)c1. The lowest BCUT2D eigenvalue weighted by atomic mass is 10.0. The number of aryl methyl sites for hydroxylation is 2. The molecular weight excluding hydrogens is 190 g/mol. The highest BCUT2D eigenvalue weighted by Gasteiger charge is 2.13. The minimum atomic E-state index is -0.586. The Morgan fingerprint density at radius 3 is 2.80 bits per heavy atom. The minimum absolute atomic E-state index is 0.0664. The van der Waals surface area contributed by atoms with Gasteiger partial charge < -0.3 is 9.84 Å². The Bertz CT molecular complexity index is 368. The monoisotopic (exact) mass is 205 g/mol. The van der Waals surface area contributed by atoms with E-state index in [0.717, 1.165) is 16.7 Å². The summed E-state index contributed by atoms with van der Waals surface area (Å²) in [6, 6.07) is 8.00. The van der Waals surface area contributed by atoms with Crippen molar-refractivity contribution in [2.45, 2.75) is 20.0 Å². The molecule has 1 unspecified atom stereocenters. The van der Waals surface area contributed by atoms with Crippen LogP contribution >= 0.6 is 0 Å². The number of hydrogen-bond acceptors (Lipinski definition) is 3. The predicted molar refractivity (Wildman–Crippen MR) is 57.3 cm³/mol. The molecule has 15 heavy (non-hydrogen) atoms. The molecule has 1 N–H and O–H groups in total. The van der Waals surface area contributed by atoms with Crippen LogP contribution in [0.2, 0.25) is 0 Å². The fourth-order valence-electron chi connectivity index (χ4n) is 1.41. The van der Waals surface area contributed by atoms with Crippen molar-refractivity contribution in [2.75, 3.05) is 13.2 Å². The number of ether oxygens (including phenoxy) is 1. The molecule has 0 spiro atoms. The molecule has 0 fully saturated rings. The van der Waals surface area contributed by atoms with Crippen molar-refractivity contribution < 1.29 is 9.84 Å². The molecule has 0 bridgehead atoms. The van der Waals surface area contributed by atoms with Crippen LogP contribution < -0.4 is 0 Å². The highest BCUT2D eigenvalue weighted by molar-refractivity contribution is 5.34. The summed E-state index contributed by atoms with van der Waals surface area (Å²) < 4.78 is 5.25. The van der Waals surface area contributed by atoms with Gasteiger partial charge in [0.15, 0.2) is 6.10 Å². The van der Waals surface area contributed by atoms with E-state index in [1.165, 1.54) is 0 Å². The van der Waals surface area contributed by atoms with Crippen molar-refractivity contribution in [3.8, 4) is 6.07 Å². The van der Waals surface area contributed by atoms with Crippen LogP contribution in [-0.2, 0) is 4.74 Å². The summed E-state index contributed by atoms with van der Waals surface area (Å²) in [6.45, 7) is 4.04. The summed E-state index contributed by atoms with van der Waals surface area (Å²) in [5.74, 6) is 0. The van der Waals surface area contributed by atoms with Crippen molar-refractivity contribution in [1.29, 1.82) is 5.26 Å². The van der Waals surface area contributed by atoms with Gasteiger partial charge in [-0.05, 0) is 25.0 Å². The molecule has 0 aliphatic heterocycles. The normalized spacial score (nSPS) is 12.1. The average molecular weight is 205 g/mol. The topological polar surface area (TPSA) is 53.2 Å². The first kappa shape index (κ1) is 11.7. The summed E-state index contributed by atoms with van der Waals surface area (Å²) in [5.41, 5.74) is 3.01. The summed E-state index contributed by atoms with van der Waals surface area (Å²) in [4.78, 5) is 0. The molecule has 0 saturated heterocycles. The van der Waals surface area contributed by atoms with Gasteiger partial charge in [0.1, 0.15) is 0 Å². The Morgan fingerprint density at radius 2 is 2.20 bits per heavy atom. The molecule has 3 heteroatoms. The molecule has 1 atom stereocenters. The third-order valence-corrected chi connectivity index (χ3v) is 2.21. The van der Waals surface area contributed by atoms with Crippen molar-refractivity contribution in [3.63, 3.8) is 0 Å². The Morgan fingerprint density at radius 1 is 1.47 bits per heavy atom. The van der Waals surface area contributed by atoms with Gasteiger partial charge in [-0.1, -0.05) is 23.8 Å². The van der Waals surface area contributed by atoms with Gasteiger partial charge in [0.25, 0.3) is 0 Å². The van der Waals surface area contributed by atoms with Crippen LogP contribution in [0, 0.1) is 25.2 Å². The molecule has 1 aromatic carbocycles. The number of aliphatic hydroxyl groups excluding tert-OH is 1. The number of nitriles is 1. The van der Waals surface area contributed by atoms with Gasteiger partial charge in [-0.15, -0.1) is 0 Å².